The molecule has 31 heavy (non-hydrogen) atoms. The maximum absolute atomic E-state index is 14.4. The number of rotatable bonds is 6. The maximum Gasteiger partial charge on any atom is 0.256 e. The molecule has 1 saturated heterocycles. The Morgan fingerprint density at radius 1 is 1.13 bits per heavy atom. The minimum Gasteiger partial charge on any atom is -0.490 e. The van der Waals surface area contributed by atoms with Crippen LogP contribution < -0.4 is 9.46 Å². The number of hydrogen-bond acceptors (Lipinski definition) is 4. The number of likely N-dealkylation sites (tertiary alicyclic amines) is 1. The first-order valence-electron chi connectivity index (χ1n) is 10.4. The van der Waals surface area contributed by atoms with Gasteiger partial charge in [0.15, 0.2) is 0 Å². The zero-order valence-electron chi connectivity index (χ0n) is 18.3. The van der Waals surface area contributed by atoms with Crippen LogP contribution in [0.5, 0.6) is 5.75 Å². The van der Waals surface area contributed by atoms with Crippen LogP contribution in [0.3, 0.4) is 0 Å². The van der Waals surface area contributed by atoms with Crippen molar-refractivity contribution in [2.45, 2.75) is 57.6 Å². The van der Waals surface area contributed by atoms with Crippen LogP contribution >= 0.6 is 0 Å². The van der Waals surface area contributed by atoms with Crippen LogP contribution in [0, 0.1) is 19.7 Å². The van der Waals surface area contributed by atoms with Gasteiger partial charge >= 0.3 is 0 Å². The molecule has 1 amide bonds. The second-order valence-corrected chi connectivity index (χ2v) is 10.0. The Kier molecular flexibility index (Phi) is 7.01. The molecule has 0 saturated carbocycles. The minimum atomic E-state index is -3.82. The quantitative estimate of drug-likeness (QED) is 0.729. The number of carbonyl (C=O) groups excluding carboxylic acids is 1. The van der Waals surface area contributed by atoms with E-state index in [4.69, 9.17) is 4.74 Å². The average molecular weight is 449 g/mol. The highest BCUT2D eigenvalue weighted by Crippen LogP contribution is 2.25. The van der Waals surface area contributed by atoms with Crippen molar-refractivity contribution in [3.05, 3.63) is 58.9 Å². The molecule has 3 rings (SSSR count). The van der Waals surface area contributed by atoms with E-state index < -0.39 is 21.7 Å². The molecule has 0 aromatic heterocycles. The monoisotopic (exact) mass is 448 g/mol. The summed E-state index contributed by atoms with van der Waals surface area (Å²) in [6.45, 7) is 8.21. The molecule has 1 heterocycles. The molecule has 0 spiro atoms. The Balaban J connectivity index is 1.69. The van der Waals surface area contributed by atoms with Crippen LogP contribution in [0.25, 0.3) is 0 Å². The zero-order chi connectivity index (χ0) is 22.8. The summed E-state index contributed by atoms with van der Waals surface area (Å²) in [6.07, 6.45) is 1.21. The van der Waals surface area contributed by atoms with Crippen LogP contribution in [0.1, 0.15) is 48.2 Å². The fraction of sp³-hybridized carbons (Fsp3) is 0.435. The number of piperidine rings is 1. The van der Waals surface area contributed by atoms with Crippen molar-refractivity contribution in [1.29, 1.82) is 0 Å². The van der Waals surface area contributed by atoms with Gasteiger partial charge in [-0.05, 0) is 63.1 Å². The van der Waals surface area contributed by atoms with Crippen molar-refractivity contribution >= 4 is 15.9 Å². The lowest BCUT2D eigenvalue weighted by molar-refractivity contribution is 0.0590. The summed E-state index contributed by atoms with van der Waals surface area (Å²) >= 11 is 0. The predicted octanol–water partition coefficient (Wildman–Crippen LogP) is 3.81. The van der Waals surface area contributed by atoms with Gasteiger partial charge in [-0.3, -0.25) is 4.79 Å². The molecule has 2 aromatic rings. The van der Waals surface area contributed by atoms with Gasteiger partial charge < -0.3 is 9.64 Å². The number of nitrogens with one attached hydrogen (secondary N) is 1. The fourth-order valence-electron chi connectivity index (χ4n) is 3.57. The SMILES string of the molecule is Cc1ccc(C)c(OC2CCN(C(=O)c3cc(S(=O)(=O)NC(C)C)ccc3F)CC2)c1. The molecular weight excluding hydrogens is 419 g/mol. The number of benzene rings is 2. The van der Waals surface area contributed by atoms with Crippen LogP contribution in [0.15, 0.2) is 41.3 Å². The molecule has 0 aliphatic carbocycles. The second-order valence-electron chi connectivity index (χ2n) is 8.30. The molecule has 0 atom stereocenters. The summed E-state index contributed by atoms with van der Waals surface area (Å²) in [5, 5.41) is 0. The molecule has 2 aromatic carbocycles. The third kappa shape index (κ3) is 5.62. The number of amides is 1. The molecule has 8 heteroatoms. The van der Waals surface area contributed by atoms with Gasteiger partial charge in [0.05, 0.1) is 10.5 Å². The van der Waals surface area contributed by atoms with Gasteiger partial charge in [0.1, 0.15) is 17.7 Å². The van der Waals surface area contributed by atoms with E-state index in [0.29, 0.717) is 25.9 Å². The third-order valence-corrected chi connectivity index (χ3v) is 6.89. The lowest BCUT2D eigenvalue weighted by Gasteiger charge is -2.32. The molecule has 168 valence electrons. The first-order chi connectivity index (χ1) is 14.6. The van der Waals surface area contributed by atoms with Gasteiger partial charge in [-0.1, -0.05) is 12.1 Å². The molecule has 0 unspecified atom stereocenters. The minimum absolute atomic E-state index is 0.0312. The van der Waals surface area contributed by atoms with Crippen LogP contribution in [0.2, 0.25) is 0 Å². The van der Waals surface area contributed by atoms with Crippen LogP contribution in [-0.2, 0) is 10.0 Å². The van der Waals surface area contributed by atoms with Gasteiger partial charge in [-0.2, -0.15) is 0 Å². The number of aryl methyl sites for hydroxylation is 2. The number of halogens is 1. The van der Waals surface area contributed by atoms with E-state index >= 15 is 0 Å². The second kappa shape index (κ2) is 9.36. The third-order valence-electron chi connectivity index (χ3n) is 5.24. The molecule has 6 nitrogen and oxygen atoms in total. The van der Waals surface area contributed by atoms with E-state index in [2.05, 4.69) is 4.72 Å². The fourth-order valence-corrected chi connectivity index (χ4v) is 4.85. The molecule has 1 N–H and O–H groups in total. The number of carbonyl (C=O) groups is 1. The van der Waals surface area contributed by atoms with Gasteiger partial charge in [-0.25, -0.2) is 17.5 Å². The summed E-state index contributed by atoms with van der Waals surface area (Å²) in [5.74, 6) is -0.405. The molecular formula is C23H29FN2O4S. The van der Waals surface area contributed by atoms with Crippen molar-refractivity contribution < 1.29 is 22.3 Å². The average Bonchev–Trinajstić information content (AvgIpc) is 2.70. The van der Waals surface area contributed by atoms with E-state index in [1.807, 2.05) is 32.0 Å². The number of nitrogens with zero attached hydrogens (tertiary/aromatic N) is 1. The number of hydrogen-bond donors (Lipinski definition) is 1. The number of ether oxygens (including phenoxy) is 1. The highest BCUT2D eigenvalue weighted by Gasteiger charge is 2.28. The van der Waals surface area contributed by atoms with E-state index in [-0.39, 0.29) is 22.6 Å². The van der Waals surface area contributed by atoms with Gasteiger partial charge in [0.25, 0.3) is 5.91 Å². The molecule has 0 bridgehead atoms. The highest BCUT2D eigenvalue weighted by molar-refractivity contribution is 7.89. The summed E-state index contributed by atoms with van der Waals surface area (Å²) in [7, 11) is -3.82. The lowest BCUT2D eigenvalue weighted by Crippen LogP contribution is -2.42. The van der Waals surface area contributed by atoms with Crippen molar-refractivity contribution in [3.8, 4) is 5.75 Å². The van der Waals surface area contributed by atoms with Crippen LogP contribution in [0.4, 0.5) is 4.39 Å². The van der Waals surface area contributed by atoms with Crippen molar-refractivity contribution in [1.82, 2.24) is 9.62 Å². The summed E-state index contributed by atoms with van der Waals surface area (Å²) < 4.78 is 47.8. The molecule has 1 fully saturated rings. The summed E-state index contributed by atoms with van der Waals surface area (Å²) in [6, 6.07) is 9.04. The Morgan fingerprint density at radius 3 is 2.45 bits per heavy atom. The lowest BCUT2D eigenvalue weighted by atomic mass is 10.1. The van der Waals surface area contributed by atoms with E-state index in [9.17, 15) is 17.6 Å². The predicted molar refractivity (Wildman–Crippen MR) is 117 cm³/mol. The molecule has 1 aliphatic heterocycles. The Bertz CT molecular complexity index is 1060. The Labute approximate surface area is 183 Å². The Morgan fingerprint density at radius 2 is 1.81 bits per heavy atom. The summed E-state index contributed by atoms with van der Waals surface area (Å²) in [5.41, 5.74) is 1.94. The van der Waals surface area contributed by atoms with E-state index in [0.717, 1.165) is 29.0 Å². The van der Waals surface area contributed by atoms with Gasteiger partial charge in [0.2, 0.25) is 10.0 Å². The van der Waals surface area contributed by atoms with E-state index in [1.165, 1.54) is 6.07 Å². The van der Waals surface area contributed by atoms with Gasteiger partial charge in [-0.15, -0.1) is 0 Å². The van der Waals surface area contributed by atoms with Gasteiger partial charge in [0, 0.05) is 32.0 Å². The molecule has 1 aliphatic rings. The normalized spacial score (nSPS) is 15.4. The smallest absolute Gasteiger partial charge is 0.256 e. The topological polar surface area (TPSA) is 75.7 Å². The Hall–Kier alpha value is -2.45. The summed E-state index contributed by atoms with van der Waals surface area (Å²) in [4.78, 5) is 14.3. The first-order valence-corrected chi connectivity index (χ1v) is 11.9. The molecule has 0 radical (unpaired) electrons. The highest BCUT2D eigenvalue weighted by atomic mass is 32.2. The van der Waals surface area contributed by atoms with Crippen LogP contribution in [-0.4, -0.2) is 44.5 Å². The standard InChI is InChI=1S/C23H29FN2O4S/c1-15(2)25-31(28,29)19-7-8-21(24)20(14-19)23(27)26-11-9-18(10-12-26)30-22-13-16(3)5-6-17(22)4/h5-8,13-15,18,25H,9-12H2,1-4H3. The first kappa shape index (κ1) is 23.2. The van der Waals surface area contributed by atoms with Crippen molar-refractivity contribution in [2.24, 2.45) is 0 Å². The van der Waals surface area contributed by atoms with E-state index in [1.54, 1.807) is 18.7 Å². The van der Waals surface area contributed by atoms with Crippen molar-refractivity contribution in [3.63, 3.8) is 0 Å². The zero-order valence-corrected chi connectivity index (χ0v) is 19.1. The maximum atomic E-state index is 14.4. The van der Waals surface area contributed by atoms with Crippen molar-refractivity contribution in [2.75, 3.05) is 13.1 Å². The number of sulfonamides is 1. The largest absolute Gasteiger partial charge is 0.490 e.